The van der Waals surface area contributed by atoms with Crippen molar-refractivity contribution >= 4 is 16.6 Å². The summed E-state index contributed by atoms with van der Waals surface area (Å²) in [4.78, 5) is 15.1. The highest BCUT2D eigenvalue weighted by atomic mass is 16.5. The predicted molar refractivity (Wildman–Crippen MR) is 89.6 cm³/mol. The molecule has 3 rings (SSSR count). The fourth-order valence-electron chi connectivity index (χ4n) is 2.44. The first-order chi connectivity index (χ1) is 10.7. The molecule has 22 heavy (non-hydrogen) atoms. The van der Waals surface area contributed by atoms with Gasteiger partial charge in [-0.25, -0.2) is 0 Å². The van der Waals surface area contributed by atoms with E-state index in [1.165, 1.54) is 5.56 Å². The number of anilines is 1. The average molecular weight is 294 g/mol. The molecule has 0 bridgehead atoms. The van der Waals surface area contributed by atoms with Crippen LogP contribution in [0.3, 0.4) is 0 Å². The maximum Gasteiger partial charge on any atom is 0.253 e. The molecule has 4 nitrogen and oxygen atoms in total. The second kappa shape index (κ2) is 5.93. The van der Waals surface area contributed by atoms with Crippen molar-refractivity contribution in [1.29, 1.82) is 0 Å². The zero-order valence-electron chi connectivity index (χ0n) is 12.6. The molecule has 0 aliphatic carbocycles. The molecular formula is C18H18N2O2. The summed E-state index contributed by atoms with van der Waals surface area (Å²) in [5.41, 5.74) is 3.60. The molecule has 3 aromatic rings. The van der Waals surface area contributed by atoms with Crippen LogP contribution in [0, 0.1) is 6.92 Å². The van der Waals surface area contributed by atoms with Crippen molar-refractivity contribution in [1.82, 2.24) is 4.98 Å². The number of methoxy groups -OCH3 is 1. The molecule has 0 saturated heterocycles. The molecule has 0 radical (unpaired) electrons. The Morgan fingerprint density at radius 3 is 2.77 bits per heavy atom. The maximum atomic E-state index is 12.2. The molecule has 2 aromatic carbocycles. The van der Waals surface area contributed by atoms with E-state index in [0.717, 1.165) is 22.3 Å². The monoisotopic (exact) mass is 294 g/mol. The van der Waals surface area contributed by atoms with Crippen molar-refractivity contribution in [2.75, 3.05) is 12.4 Å². The molecule has 0 atom stereocenters. The van der Waals surface area contributed by atoms with Crippen molar-refractivity contribution in [3.63, 3.8) is 0 Å². The molecule has 1 aromatic heterocycles. The summed E-state index contributed by atoms with van der Waals surface area (Å²) >= 11 is 0. The topological polar surface area (TPSA) is 54.1 Å². The Morgan fingerprint density at radius 1 is 1.14 bits per heavy atom. The fraction of sp³-hybridized carbons (Fsp3) is 0.167. The lowest BCUT2D eigenvalue weighted by atomic mass is 10.1. The molecule has 0 amide bonds. The van der Waals surface area contributed by atoms with Gasteiger partial charge >= 0.3 is 0 Å². The van der Waals surface area contributed by atoms with E-state index >= 15 is 0 Å². The van der Waals surface area contributed by atoms with Crippen LogP contribution in [0.2, 0.25) is 0 Å². The van der Waals surface area contributed by atoms with Crippen LogP contribution in [0.15, 0.2) is 53.3 Å². The molecular weight excluding hydrogens is 276 g/mol. The van der Waals surface area contributed by atoms with E-state index in [2.05, 4.69) is 16.4 Å². The zero-order chi connectivity index (χ0) is 15.5. The SMILES string of the molecule is COc1ccc2cc(CNc3cccc(C)c3)c(=O)[nH]c2c1. The lowest BCUT2D eigenvalue weighted by Gasteiger charge is -2.08. The van der Waals surface area contributed by atoms with Crippen molar-refractivity contribution in [3.05, 3.63) is 70.0 Å². The van der Waals surface area contributed by atoms with Gasteiger partial charge in [-0.05, 0) is 48.2 Å². The molecule has 2 N–H and O–H groups in total. The minimum Gasteiger partial charge on any atom is -0.497 e. The van der Waals surface area contributed by atoms with Crippen molar-refractivity contribution in [2.45, 2.75) is 13.5 Å². The normalized spacial score (nSPS) is 10.6. The lowest BCUT2D eigenvalue weighted by Crippen LogP contribution is -2.15. The minimum absolute atomic E-state index is 0.0825. The second-order valence-electron chi connectivity index (χ2n) is 5.30. The Morgan fingerprint density at radius 2 is 2.00 bits per heavy atom. The van der Waals surface area contributed by atoms with Gasteiger partial charge in [0.1, 0.15) is 5.75 Å². The van der Waals surface area contributed by atoms with Gasteiger partial charge in [-0.3, -0.25) is 4.79 Å². The Balaban J connectivity index is 1.87. The molecule has 0 aliphatic rings. The van der Waals surface area contributed by atoms with Crippen LogP contribution >= 0.6 is 0 Å². The number of fused-ring (bicyclic) bond motifs is 1. The van der Waals surface area contributed by atoms with E-state index in [4.69, 9.17) is 4.74 Å². The quantitative estimate of drug-likeness (QED) is 0.775. The number of rotatable bonds is 4. The Kier molecular flexibility index (Phi) is 3.83. The van der Waals surface area contributed by atoms with E-state index in [1.54, 1.807) is 7.11 Å². The van der Waals surface area contributed by atoms with Crippen LogP contribution in [-0.4, -0.2) is 12.1 Å². The number of hydrogen-bond acceptors (Lipinski definition) is 3. The zero-order valence-corrected chi connectivity index (χ0v) is 12.6. The van der Waals surface area contributed by atoms with Crippen LogP contribution in [0.4, 0.5) is 5.69 Å². The smallest absolute Gasteiger partial charge is 0.253 e. The predicted octanol–water partition coefficient (Wildman–Crippen LogP) is 3.46. The molecule has 0 saturated carbocycles. The highest BCUT2D eigenvalue weighted by Crippen LogP contribution is 2.19. The van der Waals surface area contributed by atoms with Gasteiger partial charge in [0, 0.05) is 23.9 Å². The van der Waals surface area contributed by atoms with Gasteiger partial charge in [-0.2, -0.15) is 0 Å². The number of benzene rings is 2. The minimum atomic E-state index is -0.0825. The van der Waals surface area contributed by atoms with Crippen LogP contribution in [0.25, 0.3) is 10.9 Å². The summed E-state index contributed by atoms with van der Waals surface area (Å²) < 4.78 is 5.17. The standard InChI is InChI=1S/C18H18N2O2/c1-12-4-3-5-15(8-12)19-11-14-9-13-6-7-16(22-2)10-17(13)20-18(14)21/h3-10,19H,11H2,1-2H3,(H,20,21). The van der Waals surface area contributed by atoms with Crippen molar-refractivity contribution in [3.8, 4) is 5.75 Å². The van der Waals surface area contributed by atoms with Crippen molar-refractivity contribution in [2.24, 2.45) is 0 Å². The van der Waals surface area contributed by atoms with E-state index in [-0.39, 0.29) is 5.56 Å². The average Bonchev–Trinajstić information content (AvgIpc) is 2.52. The van der Waals surface area contributed by atoms with E-state index in [0.29, 0.717) is 12.1 Å². The summed E-state index contributed by atoms with van der Waals surface area (Å²) in [5, 5.41) is 4.27. The highest BCUT2D eigenvalue weighted by Gasteiger charge is 2.04. The first-order valence-corrected chi connectivity index (χ1v) is 7.16. The Bertz CT molecular complexity index is 868. The number of ether oxygens (including phenoxy) is 1. The number of pyridine rings is 1. The van der Waals surface area contributed by atoms with Gasteiger partial charge in [0.15, 0.2) is 0 Å². The first-order valence-electron chi connectivity index (χ1n) is 7.16. The molecule has 112 valence electrons. The first kappa shape index (κ1) is 14.2. The third-order valence-corrected chi connectivity index (χ3v) is 3.63. The number of nitrogens with one attached hydrogen (secondary N) is 2. The van der Waals surface area contributed by atoms with Crippen molar-refractivity contribution < 1.29 is 4.74 Å². The van der Waals surface area contributed by atoms with Crippen LogP contribution < -0.4 is 15.6 Å². The lowest BCUT2D eigenvalue weighted by molar-refractivity contribution is 0.415. The highest BCUT2D eigenvalue weighted by molar-refractivity contribution is 5.80. The van der Waals surface area contributed by atoms with Gasteiger partial charge in [0.2, 0.25) is 0 Å². The molecule has 0 fully saturated rings. The Hall–Kier alpha value is -2.75. The van der Waals surface area contributed by atoms with Gasteiger partial charge in [-0.15, -0.1) is 0 Å². The molecule has 0 spiro atoms. The number of aromatic nitrogens is 1. The third kappa shape index (κ3) is 2.96. The van der Waals surface area contributed by atoms with Gasteiger partial charge < -0.3 is 15.0 Å². The van der Waals surface area contributed by atoms with Crippen LogP contribution in [0.5, 0.6) is 5.75 Å². The second-order valence-corrected chi connectivity index (χ2v) is 5.30. The van der Waals surface area contributed by atoms with Crippen LogP contribution in [0.1, 0.15) is 11.1 Å². The summed E-state index contributed by atoms with van der Waals surface area (Å²) in [5.74, 6) is 0.730. The summed E-state index contributed by atoms with van der Waals surface area (Å²) in [6.07, 6.45) is 0. The van der Waals surface area contributed by atoms with E-state index in [9.17, 15) is 4.79 Å². The van der Waals surface area contributed by atoms with E-state index < -0.39 is 0 Å². The van der Waals surface area contributed by atoms with Gasteiger partial charge in [-0.1, -0.05) is 12.1 Å². The largest absolute Gasteiger partial charge is 0.497 e. The summed E-state index contributed by atoms with van der Waals surface area (Å²) in [7, 11) is 1.61. The maximum absolute atomic E-state index is 12.2. The van der Waals surface area contributed by atoms with Crippen LogP contribution in [-0.2, 0) is 6.54 Å². The number of hydrogen-bond donors (Lipinski definition) is 2. The molecule has 1 heterocycles. The Labute approximate surface area is 128 Å². The number of H-pyrrole nitrogens is 1. The molecule has 0 aliphatic heterocycles. The summed E-state index contributed by atoms with van der Waals surface area (Å²) in [6, 6.07) is 15.7. The fourth-order valence-corrected chi connectivity index (χ4v) is 2.44. The third-order valence-electron chi connectivity index (χ3n) is 3.63. The van der Waals surface area contributed by atoms with Gasteiger partial charge in [0.25, 0.3) is 5.56 Å². The number of aromatic amines is 1. The number of aryl methyl sites for hydroxylation is 1. The molecule has 0 unspecified atom stereocenters. The molecule has 4 heteroatoms. The summed E-state index contributed by atoms with van der Waals surface area (Å²) in [6.45, 7) is 2.53. The van der Waals surface area contributed by atoms with E-state index in [1.807, 2.05) is 49.4 Å². The van der Waals surface area contributed by atoms with Gasteiger partial charge in [0.05, 0.1) is 12.6 Å².